The van der Waals surface area contributed by atoms with E-state index in [9.17, 15) is 0 Å². The molecule has 0 fully saturated rings. The molecule has 0 amide bonds. The van der Waals surface area contributed by atoms with Crippen LogP contribution in [0.5, 0.6) is 0 Å². The summed E-state index contributed by atoms with van der Waals surface area (Å²) in [6.07, 6.45) is 6.34. The minimum atomic E-state index is 0.190. The molecule has 1 nitrogen and oxygen atoms in total. The van der Waals surface area contributed by atoms with Crippen molar-refractivity contribution in [2.24, 2.45) is 0 Å². The van der Waals surface area contributed by atoms with Gasteiger partial charge in [-0.3, -0.25) is 5.32 Å². The molecule has 1 atom stereocenters. The van der Waals surface area contributed by atoms with Crippen LogP contribution >= 0.6 is 0 Å². The van der Waals surface area contributed by atoms with E-state index in [2.05, 4.69) is 49.4 Å². The third-order valence-corrected chi connectivity index (χ3v) is 2.24. The van der Waals surface area contributed by atoms with Gasteiger partial charge in [0.1, 0.15) is 0 Å². The van der Waals surface area contributed by atoms with Crippen LogP contribution in [0.1, 0.15) is 24.5 Å². The van der Waals surface area contributed by atoms with E-state index in [0.29, 0.717) is 0 Å². The number of aryl methyl sites for hydroxylation is 1. The van der Waals surface area contributed by atoms with Crippen LogP contribution in [0, 0.1) is 19.3 Å². The molecule has 0 aliphatic heterocycles. The Balaban J connectivity index is 2.50. The molecule has 0 aliphatic carbocycles. The van der Waals surface area contributed by atoms with Crippen molar-refractivity contribution >= 4 is 0 Å². The van der Waals surface area contributed by atoms with E-state index in [-0.39, 0.29) is 6.04 Å². The lowest BCUT2D eigenvalue weighted by Crippen LogP contribution is -2.26. The smallest absolute Gasteiger partial charge is 0.0686 e. The summed E-state index contributed by atoms with van der Waals surface area (Å²) in [5, 5.41) is 3.33. The van der Waals surface area contributed by atoms with Gasteiger partial charge in [-0.2, -0.15) is 0 Å². The van der Waals surface area contributed by atoms with Crippen LogP contribution in [-0.2, 0) is 6.54 Å². The molecule has 0 heterocycles. The third kappa shape index (κ3) is 3.24. The average Bonchev–Trinajstić information content (AvgIpc) is 2.19. The minimum absolute atomic E-state index is 0.190. The lowest BCUT2D eigenvalue weighted by atomic mass is 10.1. The molecule has 1 heteroatoms. The van der Waals surface area contributed by atoms with Gasteiger partial charge in [0.2, 0.25) is 0 Å². The van der Waals surface area contributed by atoms with E-state index in [1.807, 2.05) is 0 Å². The van der Waals surface area contributed by atoms with Gasteiger partial charge in [0.05, 0.1) is 6.04 Å². The molecule has 1 N–H and O–H groups in total. The predicted molar refractivity (Wildman–Crippen MR) is 60.9 cm³/mol. The maximum atomic E-state index is 5.36. The second kappa shape index (κ2) is 5.47. The first-order chi connectivity index (χ1) is 6.76. The highest BCUT2D eigenvalue weighted by atomic mass is 14.9. The maximum Gasteiger partial charge on any atom is 0.0686 e. The summed E-state index contributed by atoms with van der Waals surface area (Å²) in [4.78, 5) is 0. The van der Waals surface area contributed by atoms with E-state index in [4.69, 9.17) is 6.42 Å². The molecular formula is C13H17N. The maximum absolute atomic E-state index is 5.36. The van der Waals surface area contributed by atoms with Crippen molar-refractivity contribution in [3.8, 4) is 12.3 Å². The Morgan fingerprint density at radius 1 is 1.50 bits per heavy atom. The summed E-state index contributed by atoms with van der Waals surface area (Å²) in [5.41, 5.74) is 2.58. The van der Waals surface area contributed by atoms with Gasteiger partial charge in [-0.05, 0) is 18.9 Å². The van der Waals surface area contributed by atoms with Gasteiger partial charge in [-0.1, -0.05) is 42.7 Å². The second-order valence-corrected chi connectivity index (χ2v) is 3.50. The lowest BCUT2D eigenvalue weighted by Gasteiger charge is -2.10. The Morgan fingerprint density at radius 2 is 2.29 bits per heavy atom. The summed E-state index contributed by atoms with van der Waals surface area (Å²) in [5.74, 6) is 2.73. The van der Waals surface area contributed by atoms with E-state index in [1.54, 1.807) is 0 Å². The molecule has 1 aromatic rings. The second-order valence-electron chi connectivity index (χ2n) is 3.50. The summed E-state index contributed by atoms with van der Waals surface area (Å²) < 4.78 is 0. The third-order valence-electron chi connectivity index (χ3n) is 2.24. The standard InChI is InChI=1S/C13H17N/c1-4-13(5-2)14-10-12-8-6-7-11(3)9-12/h1,6-9,13-14H,5,10H2,2-3H3. The minimum Gasteiger partial charge on any atom is -0.300 e. The lowest BCUT2D eigenvalue weighted by molar-refractivity contribution is 0.592. The Kier molecular flexibility index (Phi) is 4.22. The van der Waals surface area contributed by atoms with Gasteiger partial charge in [0.25, 0.3) is 0 Å². The van der Waals surface area contributed by atoms with Crippen molar-refractivity contribution in [2.75, 3.05) is 0 Å². The fourth-order valence-corrected chi connectivity index (χ4v) is 1.38. The molecule has 1 unspecified atom stereocenters. The monoisotopic (exact) mass is 187 g/mol. The van der Waals surface area contributed by atoms with Crippen LogP contribution in [0.3, 0.4) is 0 Å². The van der Waals surface area contributed by atoms with Gasteiger partial charge in [-0.25, -0.2) is 0 Å². The van der Waals surface area contributed by atoms with E-state index >= 15 is 0 Å². The number of hydrogen-bond donors (Lipinski definition) is 1. The normalized spacial score (nSPS) is 12.1. The Hall–Kier alpha value is -1.26. The zero-order valence-corrected chi connectivity index (χ0v) is 8.88. The van der Waals surface area contributed by atoms with Crippen LogP contribution in [-0.4, -0.2) is 6.04 Å². The Labute approximate surface area is 86.5 Å². The number of nitrogens with one attached hydrogen (secondary N) is 1. The Morgan fingerprint density at radius 3 is 2.86 bits per heavy atom. The van der Waals surface area contributed by atoms with Crippen molar-refractivity contribution < 1.29 is 0 Å². The highest BCUT2D eigenvalue weighted by Crippen LogP contribution is 2.03. The molecule has 0 aliphatic rings. The summed E-state index contributed by atoms with van der Waals surface area (Å²) >= 11 is 0. The number of terminal acetylenes is 1. The molecule has 0 bridgehead atoms. The van der Waals surface area contributed by atoms with Gasteiger partial charge in [0.15, 0.2) is 0 Å². The Bertz CT molecular complexity index is 322. The quantitative estimate of drug-likeness (QED) is 0.714. The van der Waals surface area contributed by atoms with Crippen LogP contribution in [0.15, 0.2) is 24.3 Å². The van der Waals surface area contributed by atoms with E-state index < -0.39 is 0 Å². The van der Waals surface area contributed by atoms with Crippen molar-refractivity contribution in [3.63, 3.8) is 0 Å². The highest BCUT2D eigenvalue weighted by molar-refractivity contribution is 5.22. The number of rotatable bonds is 4. The predicted octanol–water partition coefficient (Wildman–Crippen LogP) is 2.50. The largest absolute Gasteiger partial charge is 0.300 e. The molecule has 0 radical (unpaired) electrons. The zero-order chi connectivity index (χ0) is 10.4. The van der Waals surface area contributed by atoms with Gasteiger partial charge < -0.3 is 0 Å². The van der Waals surface area contributed by atoms with E-state index in [1.165, 1.54) is 11.1 Å². The van der Waals surface area contributed by atoms with Crippen molar-refractivity contribution in [1.29, 1.82) is 0 Å². The van der Waals surface area contributed by atoms with Crippen LogP contribution in [0.4, 0.5) is 0 Å². The van der Waals surface area contributed by atoms with Crippen molar-refractivity contribution in [3.05, 3.63) is 35.4 Å². The fraction of sp³-hybridized carbons (Fsp3) is 0.385. The first-order valence-corrected chi connectivity index (χ1v) is 5.01. The summed E-state index contributed by atoms with van der Waals surface area (Å²) in [6.45, 7) is 5.04. The van der Waals surface area contributed by atoms with Crippen molar-refractivity contribution in [1.82, 2.24) is 5.32 Å². The zero-order valence-electron chi connectivity index (χ0n) is 8.88. The first-order valence-electron chi connectivity index (χ1n) is 5.01. The van der Waals surface area contributed by atoms with E-state index in [0.717, 1.165) is 13.0 Å². The average molecular weight is 187 g/mol. The molecule has 14 heavy (non-hydrogen) atoms. The summed E-state index contributed by atoms with van der Waals surface area (Å²) in [7, 11) is 0. The molecular weight excluding hydrogens is 170 g/mol. The topological polar surface area (TPSA) is 12.0 Å². The highest BCUT2D eigenvalue weighted by Gasteiger charge is 2.00. The molecule has 0 saturated carbocycles. The van der Waals surface area contributed by atoms with Gasteiger partial charge in [0, 0.05) is 6.54 Å². The molecule has 74 valence electrons. The fourth-order valence-electron chi connectivity index (χ4n) is 1.38. The van der Waals surface area contributed by atoms with Crippen LogP contribution in [0.25, 0.3) is 0 Å². The van der Waals surface area contributed by atoms with Crippen LogP contribution in [0.2, 0.25) is 0 Å². The van der Waals surface area contributed by atoms with Gasteiger partial charge >= 0.3 is 0 Å². The molecule has 0 saturated heterocycles. The summed E-state index contributed by atoms with van der Waals surface area (Å²) in [6, 6.07) is 8.65. The van der Waals surface area contributed by atoms with Gasteiger partial charge in [-0.15, -0.1) is 6.42 Å². The molecule has 1 aromatic carbocycles. The van der Waals surface area contributed by atoms with Crippen LogP contribution < -0.4 is 5.32 Å². The molecule has 1 rings (SSSR count). The SMILES string of the molecule is C#CC(CC)NCc1cccc(C)c1. The van der Waals surface area contributed by atoms with Crippen molar-refractivity contribution in [2.45, 2.75) is 32.9 Å². The molecule has 0 spiro atoms. The first kappa shape index (κ1) is 10.8. The number of benzene rings is 1. The molecule has 0 aromatic heterocycles. The number of hydrogen-bond acceptors (Lipinski definition) is 1.